The maximum absolute atomic E-state index is 12.7. The van der Waals surface area contributed by atoms with Crippen molar-refractivity contribution in [1.29, 1.82) is 0 Å². The van der Waals surface area contributed by atoms with Crippen molar-refractivity contribution < 1.29 is 23.9 Å². The highest BCUT2D eigenvalue weighted by Gasteiger charge is 2.43. The topological polar surface area (TPSA) is 108 Å². The third kappa shape index (κ3) is 16.0. The minimum atomic E-state index is -0.670. The average molecular weight is 525 g/mol. The Hall–Kier alpha value is -1.63. The number of nitrogens with one attached hydrogen (secondary N) is 1. The monoisotopic (exact) mass is 524 g/mol. The minimum absolute atomic E-state index is 0.0524. The van der Waals surface area contributed by atoms with E-state index in [4.69, 9.17) is 15.2 Å². The van der Waals surface area contributed by atoms with Crippen LogP contribution < -0.4 is 11.1 Å². The molecule has 1 fully saturated rings. The summed E-state index contributed by atoms with van der Waals surface area (Å²) in [4.78, 5) is 35.8. The van der Waals surface area contributed by atoms with E-state index in [0.29, 0.717) is 19.4 Å². The van der Waals surface area contributed by atoms with Crippen LogP contribution in [0.5, 0.6) is 0 Å². The maximum Gasteiger partial charge on any atom is 0.323 e. The van der Waals surface area contributed by atoms with Crippen LogP contribution in [0.2, 0.25) is 0 Å². The fraction of sp³-hybridized carbons (Fsp3) is 0.900. The number of ether oxygens (including phenoxy) is 2. The van der Waals surface area contributed by atoms with Crippen LogP contribution in [0.4, 0.5) is 0 Å². The van der Waals surface area contributed by atoms with Gasteiger partial charge in [-0.1, -0.05) is 90.9 Å². The maximum atomic E-state index is 12.7. The third-order valence-corrected chi connectivity index (χ3v) is 7.41. The fourth-order valence-corrected chi connectivity index (χ4v) is 5.00. The molecule has 1 aliphatic heterocycles. The predicted octanol–water partition coefficient (Wildman–Crippen LogP) is 6.35. The lowest BCUT2D eigenvalue weighted by molar-refractivity contribution is -0.190. The molecule has 0 aromatic heterocycles. The molecule has 1 unspecified atom stereocenters. The molecule has 0 radical (unpaired) electrons. The summed E-state index contributed by atoms with van der Waals surface area (Å²) in [7, 11) is 0. The lowest BCUT2D eigenvalue weighted by Crippen LogP contribution is -2.47. The van der Waals surface area contributed by atoms with Crippen LogP contribution >= 0.6 is 0 Å². The summed E-state index contributed by atoms with van der Waals surface area (Å²) >= 11 is 0. The molecule has 1 heterocycles. The zero-order valence-electron chi connectivity index (χ0n) is 24.1. The van der Waals surface area contributed by atoms with Crippen LogP contribution in [-0.2, 0) is 23.9 Å². The van der Waals surface area contributed by atoms with E-state index in [1.165, 1.54) is 64.7 Å². The van der Waals surface area contributed by atoms with Crippen molar-refractivity contribution in [3.63, 3.8) is 0 Å². The Morgan fingerprint density at radius 1 is 0.865 bits per heavy atom. The number of esters is 2. The molecule has 0 aromatic carbocycles. The highest BCUT2D eigenvalue weighted by Crippen LogP contribution is 2.32. The van der Waals surface area contributed by atoms with Gasteiger partial charge in [0.2, 0.25) is 5.91 Å². The van der Waals surface area contributed by atoms with Gasteiger partial charge in [-0.05, 0) is 38.5 Å². The van der Waals surface area contributed by atoms with Crippen LogP contribution in [0, 0.1) is 5.92 Å². The lowest BCUT2D eigenvalue weighted by atomic mass is 9.86. The van der Waals surface area contributed by atoms with Crippen LogP contribution in [0.3, 0.4) is 0 Å². The third-order valence-electron chi connectivity index (χ3n) is 7.41. The summed E-state index contributed by atoms with van der Waals surface area (Å²) in [5.74, 6) is -0.594. The fourth-order valence-electron chi connectivity index (χ4n) is 5.00. The molecule has 1 aliphatic rings. The Labute approximate surface area is 226 Å². The first kappa shape index (κ1) is 33.4. The number of hydrogen-bond donors (Lipinski definition) is 2. The second-order valence-electron chi connectivity index (χ2n) is 10.9. The molecule has 0 aliphatic carbocycles. The summed E-state index contributed by atoms with van der Waals surface area (Å²) in [5.41, 5.74) is 6.13. The van der Waals surface area contributed by atoms with Crippen LogP contribution in [-0.4, -0.2) is 42.6 Å². The molecule has 0 aromatic rings. The van der Waals surface area contributed by atoms with Gasteiger partial charge in [0.25, 0.3) is 0 Å². The van der Waals surface area contributed by atoms with E-state index in [9.17, 15) is 14.4 Å². The van der Waals surface area contributed by atoms with Gasteiger partial charge >= 0.3 is 11.9 Å². The van der Waals surface area contributed by atoms with Crippen molar-refractivity contribution >= 4 is 17.8 Å². The number of hydrogen-bond acceptors (Lipinski definition) is 6. The number of carbonyl (C=O) groups excluding carboxylic acids is 3. The highest BCUT2D eigenvalue weighted by atomic mass is 16.6. The quantitative estimate of drug-likeness (QED) is 0.112. The van der Waals surface area contributed by atoms with Gasteiger partial charge in [-0.25, -0.2) is 0 Å². The molecule has 7 nitrogen and oxygen atoms in total. The predicted molar refractivity (Wildman–Crippen MR) is 149 cm³/mol. The van der Waals surface area contributed by atoms with Crippen molar-refractivity contribution in [2.45, 2.75) is 161 Å². The number of nitrogens with two attached hydrogens (primary N) is 1. The molecule has 37 heavy (non-hydrogen) atoms. The van der Waals surface area contributed by atoms with Crippen LogP contribution in [0.15, 0.2) is 0 Å². The van der Waals surface area contributed by atoms with Crippen molar-refractivity contribution in [2.75, 3.05) is 6.54 Å². The smallest absolute Gasteiger partial charge is 0.323 e. The van der Waals surface area contributed by atoms with Crippen LogP contribution in [0.1, 0.15) is 143 Å². The molecule has 0 bridgehead atoms. The zero-order chi connectivity index (χ0) is 27.3. The molecular weight excluding hydrogens is 468 g/mol. The lowest BCUT2D eigenvalue weighted by Gasteiger charge is -2.37. The molecule has 4 atom stereocenters. The molecule has 0 spiro atoms. The molecule has 1 rings (SSSR count). The van der Waals surface area contributed by atoms with E-state index >= 15 is 0 Å². The Morgan fingerprint density at radius 3 is 2.03 bits per heavy atom. The standard InChI is InChI=1S/C30H56N2O5/c1-4-6-8-10-11-12-13-14-15-19-25(23-28-26(29(34)37-28)20-16-9-7-5-2)36-30(35)27(31)21-17-18-22-32-24(3)33/h25-28H,4-23,31H2,1-3H3,(H,32,33)/t25-,26-,27?,28-/m0/s1. The number of unbranched alkanes of at least 4 members (excludes halogenated alkanes) is 12. The molecule has 7 heteroatoms. The van der Waals surface area contributed by atoms with E-state index < -0.39 is 6.04 Å². The van der Waals surface area contributed by atoms with Gasteiger partial charge in [-0.15, -0.1) is 0 Å². The molecule has 1 amide bonds. The van der Waals surface area contributed by atoms with Gasteiger partial charge < -0.3 is 20.5 Å². The van der Waals surface area contributed by atoms with Crippen molar-refractivity contribution in [1.82, 2.24) is 5.32 Å². The Bertz CT molecular complexity index is 627. The van der Waals surface area contributed by atoms with Crippen LogP contribution in [0.25, 0.3) is 0 Å². The van der Waals surface area contributed by atoms with Gasteiger partial charge in [0.15, 0.2) is 0 Å². The van der Waals surface area contributed by atoms with Crippen molar-refractivity contribution in [3.8, 4) is 0 Å². The largest absolute Gasteiger partial charge is 0.461 e. The Morgan fingerprint density at radius 2 is 1.43 bits per heavy atom. The van der Waals surface area contributed by atoms with Crippen molar-refractivity contribution in [3.05, 3.63) is 0 Å². The number of rotatable bonds is 24. The molecule has 0 saturated carbocycles. The number of cyclic esters (lactones) is 1. The van der Waals surface area contributed by atoms with Gasteiger partial charge in [0, 0.05) is 19.9 Å². The highest BCUT2D eigenvalue weighted by molar-refractivity contribution is 5.78. The summed E-state index contributed by atoms with van der Waals surface area (Å²) < 4.78 is 11.4. The number of amides is 1. The van der Waals surface area contributed by atoms with Gasteiger partial charge in [0.1, 0.15) is 18.2 Å². The molecular formula is C30H56N2O5. The van der Waals surface area contributed by atoms with E-state index in [1.54, 1.807) is 0 Å². The van der Waals surface area contributed by atoms with Crippen molar-refractivity contribution in [2.24, 2.45) is 11.7 Å². The summed E-state index contributed by atoms with van der Waals surface area (Å²) in [5, 5.41) is 2.76. The summed E-state index contributed by atoms with van der Waals surface area (Å²) in [6, 6.07) is -0.670. The molecule has 3 N–H and O–H groups in total. The summed E-state index contributed by atoms with van der Waals surface area (Å²) in [6.45, 7) is 6.50. The first-order valence-electron chi connectivity index (χ1n) is 15.3. The van der Waals surface area contributed by atoms with Gasteiger partial charge in [-0.3, -0.25) is 14.4 Å². The summed E-state index contributed by atoms with van der Waals surface area (Å²) in [6.07, 6.45) is 19.5. The first-order chi connectivity index (χ1) is 17.9. The van der Waals surface area contributed by atoms with Gasteiger partial charge in [-0.2, -0.15) is 0 Å². The first-order valence-corrected chi connectivity index (χ1v) is 15.3. The zero-order valence-corrected chi connectivity index (χ0v) is 24.1. The number of carbonyl (C=O) groups is 3. The van der Waals surface area contributed by atoms with E-state index in [-0.39, 0.29) is 36.0 Å². The Balaban J connectivity index is 2.48. The second kappa shape index (κ2) is 21.3. The second-order valence-corrected chi connectivity index (χ2v) is 10.9. The van der Waals surface area contributed by atoms with Gasteiger partial charge in [0.05, 0.1) is 5.92 Å². The SMILES string of the molecule is CCCCCCCCCCC[C@@H](C[C@@H]1OC(=O)[C@H]1CCCCCC)OC(=O)C(N)CCCCNC(C)=O. The molecule has 216 valence electrons. The Kier molecular flexibility index (Phi) is 19.2. The average Bonchev–Trinajstić information content (AvgIpc) is 2.86. The minimum Gasteiger partial charge on any atom is -0.461 e. The normalized spacial score (nSPS) is 18.5. The van der Waals surface area contributed by atoms with E-state index in [1.807, 2.05) is 0 Å². The van der Waals surface area contributed by atoms with E-state index in [0.717, 1.165) is 51.4 Å². The van der Waals surface area contributed by atoms with E-state index in [2.05, 4.69) is 19.2 Å². The molecule has 1 saturated heterocycles.